The second-order valence-electron chi connectivity index (χ2n) is 4.85. The van der Waals surface area contributed by atoms with Crippen LogP contribution in [0, 0.1) is 0 Å². The maximum Gasteiger partial charge on any atom is 0.322 e. The van der Waals surface area contributed by atoms with Gasteiger partial charge in [-0.3, -0.25) is 9.69 Å². The maximum absolute atomic E-state index is 12.3. The zero-order valence-electron chi connectivity index (χ0n) is 12.5. The molecule has 0 spiro atoms. The molecule has 0 unspecified atom stereocenters. The summed E-state index contributed by atoms with van der Waals surface area (Å²) in [5, 5.41) is 2.77. The van der Waals surface area contributed by atoms with Crippen LogP contribution in [0.15, 0.2) is 24.3 Å². The third kappa shape index (κ3) is 3.65. The Hall–Kier alpha value is -2.24. The fourth-order valence-electron chi connectivity index (χ4n) is 2.32. The fraction of sp³-hybridized carbons (Fsp3) is 0.467. The Morgan fingerprint density at radius 1 is 1.24 bits per heavy atom. The number of amides is 2. The molecule has 2 rings (SSSR count). The van der Waals surface area contributed by atoms with Gasteiger partial charge in [-0.1, -0.05) is 12.1 Å². The van der Waals surface area contributed by atoms with E-state index >= 15 is 0 Å². The predicted octanol–water partition coefficient (Wildman–Crippen LogP) is 1.61. The van der Waals surface area contributed by atoms with Crippen LogP contribution in [0.4, 0.5) is 16.2 Å². The quantitative estimate of drug-likeness (QED) is 0.856. The Morgan fingerprint density at radius 2 is 1.95 bits per heavy atom. The number of ether oxygens (including phenoxy) is 1. The first-order chi connectivity index (χ1) is 10.1. The van der Waals surface area contributed by atoms with Crippen molar-refractivity contribution >= 4 is 23.4 Å². The lowest BCUT2D eigenvalue weighted by atomic mass is 10.2. The molecule has 21 heavy (non-hydrogen) atoms. The van der Waals surface area contributed by atoms with Crippen LogP contribution in [0.1, 0.15) is 13.3 Å². The lowest BCUT2D eigenvalue weighted by molar-refractivity contribution is -0.142. The van der Waals surface area contributed by atoms with Crippen molar-refractivity contribution in [3.05, 3.63) is 24.3 Å². The van der Waals surface area contributed by atoms with E-state index in [1.165, 1.54) is 0 Å². The molecule has 2 amide bonds. The SMILES string of the molecule is CCOC(=O)CCNC(=O)N1CCN(C)c2ccccc21. The average molecular weight is 291 g/mol. The highest BCUT2D eigenvalue weighted by atomic mass is 16.5. The fourth-order valence-corrected chi connectivity index (χ4v) is 2.32. The van der Waals surface area contributed by atoms with E-state index < -0.39 is 0 Å². The number of para-hydroxylation sites is 2. The van der Waals surface area contributed by atoms with Crippen LogP contribution in [0.3, 0.4) is 0 Å². The predicted molar refractivity (Wildman–Crippen MR) is 81.7 cm³/mol. The van der Waals surface area contributed by atoms with Gasteiger partial charge in [0.15, 0.2) is 0 Å². The zero-order valence-corrected chi connectivity index (χ0v) is 12.5. The summed E-state index contributed by atoms with van der Waals surface area (Å²) < 4.78 is 4.83. The van der Waals surface area contributed by atoms with Crippen LogP contribution in [-0.4, -0.2) is 45.3 Å². The molecule has 0 aliphatic carbocycles. The van der Waals surface area contributed by atoms with E-state index in [2.05, 4.69) is 10.2 Å². The van der Waals surface area contributed by atoms with Crippen LogP contribution in [0.2, 0.25) is 0 Å². The minimum atomic E-state index is -0.295. The van der Waals surface area contributed by atoms with E-state index in [0.29, 0.717) is 13.2 Å². The van der Waals surface area contributed by atoms with Gasteiger partial charge in [-0.05, 0) is 19.1 Å². The highest BCUT2D eigenvalue weighted by Gasteiger charge is 2.24. The van der Waals surface area contributed by atoms with Gasteiger partial charge < -0.3 is 15.0 Å². The van der Waals surface area contributed by atoms with Crippen molar-refractivity contribution in [1.82, 2.24) is 5.32 Å². The lowest BCUT2D eigenvalue weighted by Gasteiger charge is -2.35. The van der Waals surface area contributed by atoms with Gasteiger partial charge in [0, 0.05) is 26.7 Å². The van der Waals surface area contributed by atoms with Crippen molar-refractivity contribution in [2.45, 2.75) is 13.3 Å². The van der Waals surface area contributed by atoms with Gasteiger partial charge in [0.25, 0.3) is 0 Å². The largest absolute Gasteiger partial charge is 0.466 e. The summed E-state index contributed by atoms with van der Waals surface area (Å²) in [5.41, 5.74) is 1.92. The summed E-state index contributed by atoms with van der Waals surface area (Å²) >= 11 is 0. The van der Waals surface area contributed by atoms with E-state index in [1.54, 1.807) is 11.8 Å². The molecule has 0 radical (unpaired) electrons. The number of esters is 1. The number of carbonyl (C=O) groups excluding carboxylic acids is 2. The van der Waals surface area contributed by atoms with Crippen molar-refractivity contribution in [2.24, 2.45) is 0 Å². The Balaban J connectivity index is 1.94. The number of benzene rings is 1. The van der Waals surface area contributed by atoms with Crippen molar-refractivity contribution in [3.63, 3.8) is 0 Å². The highest BCUT2D eigenvalue weighted by molar-refractivity contribution is 5.96. The van der Waals surface area contributed by atoms with Crippen LogP contribution in [-0.2, 0) is 9.53 Å². The first kappa shape index (κ1) is 15.2. The minimum absolute atomic E-state index is 0.181. The van der Waals surface area contributed by atoms with E-state index in [9.17, 15) is 9.59 Å². The average Bonchev–Trinajstić information content (AvgIpc) is 2.48. The molecule has 1 aliphatic heterocycles. The highest BCUT2D eigenvalue weighted by Crippen LogP contribution is 2.31. The number of nitrogens with one attached hydrogen (secondary N) is 1. The molecule has 114 valence electrons. The number of anilines is 2. The third-order valence-corrected chi connectivity index (χ3v) is 3.40. The monoisotopic (exact) mass is 291 g/mol. The number of fused-ring (bicyclic) bond motifs is 1. The Kier molecular flexibility index (Phi) is 5.03. The summed E-state index contributed by atoms with van der Waals surface area (Å²) in [7, 11) is 2.01. The molecule has 1 aromatic carbocycles. The Morgan fingerprint density at radius 3 is 2.67 bits per heavy atom. The molecule has 1 heterocycles. The summed E-state index contributed by atoms with van der Waals surface area (Å²) in [6.07, 6.45) is 0.189. The van der Waals surface area contributed by atoms with Gasteiger partial charge in [-0.2, -0.15) is 0 Å². The van der Waals surface area contributed by atoms with E-state index in [-0.39, 0.29) is 25.0 Å². The summed E-state index contributed by atoms with van der Waals surface area (Å²) in [6, 6.07) is 7.61. The molecule has 0 bridgehead atoms. The van der Waals surface area contributed by atoms with Gasteiger partial charge in [-0.15, -0.1) is 0 Å². The molecule has 6 heteroatoms. The maximum atomic E-state index is 12.3. The molecule has 0 fully saturated rings. The third-order valence-electron chi connectivity index (χ3n) is 3.40. The number of hydrogen-bond donors (Lipinski definition) is 1. The number of hydrogen-bond acceptors (Lipinski definition) is 4. The number of urea groups is 1. The van der Waals surface area contributed by atoms with Gasteiger partial charge in [0.1, 0.15) is 0 Å². The Labute approximate surface area is 124 Å². The standard InChI is InChI=1S/C15H21N3O3/c1-3-21-14(19)8-9-16-15(20)18-11-10-17(2)12-6-4-5-7-13(12)18/h4-7H,3,8-11H2,1-2H3,(H,16,20). The normalized spacial score (nSPS) is 13.6. The van der Waals surface area contributed by atoms with Crippen molar-refractivity contribution in [1.29, 1.82) is 0 Å². The molecule has 0 saturated carbocycles. The summed E-state index contributed by atoms with van der Waals surface area (Å²) in [6.45, 7) is 3.81. The molecular weight excluding hydrogens is 270 g/mol. The Bertz CT molecular complexity index is 519. The summed E-state index contributed by atoms with van der Waals surface area (Å²) in [4.78, 5) is 27.3. The van der Waals surface area contributed by atoms with Crippen LogP contribution >= 0.6 is 0 Å². The molecule has 0 atom stereocenters. The van der Waals surface area contributed by atoms with Crippen LogP contribution in [0.25, 0.3) is 0 Å². The first-order valence-electron chi connectivity index (χ1n) is 7.14. The molecule has 0 aromatic heterocycles. The molecule has 1 aliphatic rings. The number of carbonyl (C=O) groups is 2. The minimum Gasteiger partial charge on any atom is -0.466 e. The zero-order chi connectivity index (χ0) is 15.2. The molecule has 1 aromatic rings. The molecule has 6 nitrogen and oxygen atoms in total. The van der Waals surface area contributed by atoms with Gasteiger partial charge in [0.05, 0.1) is 24.4 Å². The number of nitrogens with zero attached hydrogens (tertiary/aromatic N) is 2. The van der Waals surface area contributed by atoms with Gasteiger partial charge >= 0.3 is 12.0 Å². The number of likely N-dealkylation sites (N-methyl/N-ethyl adjacent to an activating group) is 1. The van der Waals surface area contributed by atoms with Gasteiger partial charge in [0.2, 0.25) is 0 Å². The smallest absolute Gasteiger partial charge is 0.322 e. The van der Waals surface area contributed by atoms with Crippen LogP contribution < -0.4 is 15.1 Å². The van der Waals surface area contributed by atoms with Gasteiger partial charge in [-0.25, -0.2) is 4.79 Å². The van der Waals surface area contributed by atoms with Crippen molar-refractivity contribution < 1.29 is 14.3 Å². The van der Waals surface area contributed by atoms with Crippen molar-refractivity contribution in [2.75, 3.05) is 43.1 Å². The van der Waals surface area contributed by atoms with Crippen LogP contribution in [0.5, 0.6) is 0 Å². The second kappa shape index (κ2) is 6.97. The van der Waals surface area contributed by atoms with E-state index in [0.717, 1.165) is 17.9 Å². The first-order valence-corrected chi connectivity index (χ1v) is 7.14. The lowest BCUT2D eigenvalue weighted by Crippen LogP contribution is -2.47. The molecular formula is C15H21N3O3. The van der Waals surface area contributed by atoms with E-state index in [4.69, 9.17) is 4.74 Å². The van der Waals surface area contributed by atoms with Crippen molar-refractivity contribution in [3.8, 4) is 0 Å². The molecule has 1 N–H and O–H groups in total. The topological polar surface area (TPSA) is 61.9 Å². The van der Waals surface area contributed by atoms with E-state index in [1.807, 2.05) is 31.3 Å². The molecule has 0 saturated heterocycles. The second-order valence-corrected chi connectivity index (χ2v) is 4.85. The number of rotatable bonds is 4. The summed E-state index contributed by atoms with van der Waals surface area (Å²) in [5.74, 6) is -0.295.